The van der Waals surface area contributed by atoms with Gasteiger partial charge in [0.15, 0.2) is 0 Å². The normalized spacial score (nSPS) is 35.7. The van der Waals surface area contributed by atoms with Crippen LogP contribution in [0.4, 0.5) is 0 Å². The molecule has 3 nitrogen and oxygen atoms in total. The van der Waals surface area contributed by atoms with Crippen molar-refractivity contribution in [2.24, 2.45) is 11.8 Å². The van der Waals surface area contributed by atoms with Crippen molar-refractivity contribution in [1.82, 2.24) is 5.32 Å². The Bertz CT molecular complexity index is 223. The molecule has 1 saturated heterocycles. The van der Waals surface area contributed by atoms with Crippen molar-refractivity contribution < 1.29 is 9.59 Å². The summed E-state index contributed by atoms with van der Waals surface area (Å²) >= 11 is 0. The molecule has 3 heteroatoms. The van der Waals surface area contributed by atoms with Crippen LogP contribution in [0.3, 0.4) is 0 Å². The third kappa shape index (κ3) is 1.49. The van der Waals surface area contributed by atoms with E-state index in [1.165, 1.54) is 0 Å². The van der Waals surface area contributed by atoms with Gasteiger partial charge in [-0.3, -0.25) is 9.59 Å². The fourth-order valence-corrected chi connectivity index (χ4v) is 2.27. The number of Topliss-reactive ketones (excluding diaryl/α,β-unsaturated/α-hetero) is 1. The van der Waals surface area contributed by atoms with Gasteiger partial charge < -0.3 is 5.32 Å². The number of ketones is 1. The van der Waals surface area contributed by atoms with E-state index in [0.29, 0.717) is 43.4 Å². The van der Waals surface area contributed by atoms with Crippen LogP contribution in [0.5, 0.6) is 0 Å². The second-order valence-electron chi connectivity index (χ2n) is 3.92. The first-order chi connectivity index (χ1) is 5.74. The molecule has 2 aliphatic rings. The molecule has 0 aromatic carbocycles. The van der Waals surface area contributed by atoms with Gasteiger partial charge in [-0.2, -0.15) is 0 Å². The summed E-state index contributed by atoms with van der Waals surface area (Å²) in [7, 11) is 0. The van der Waals surface area contributed by atoms with Crippen LogP contribution in [0.15, 0.2) is 0 Å². The second-order valence-corrected chi connectivity index (χ2v) is 3.92. The van der Waals surface area contributed by atoms with Gasteiger partial charge in [-0.05, 0) is 18.3 Å². The number of fused-ring (bicyclic) bond motifs is 2. The summed E-state index contributed by atoms with van der Waals surface area (Å²) in [4.78, 5) is 22.3. The number of hydrogen-bond acceptors (Lipinski definition) is 2. The first-order valence-electron chi connectivity index (χ1n) is 4.52. The van der Waals surface area contributed by atoms with Gasteiger partial charge in [-0.25, -0.2) is 0 Å². The highest BCUT2D eigenvalue weighted by molar-refractivity contribution is 5.82. The Labute approximate surface area is 71.5 Å². The molecular formula is C9H13NO2. The van der Waals surface area contributed by atoms with Gasteiger partial charge in [0.1, 0.15) is 5.78 Å². The van der Waals surface area contributed by atoms with Gasteiger partial charge in [-0.1, -0.05) is 0 Å². The first-order valence-corrected chi connectivity index (χ1v) is 4.52. The molecule has 0 radical (unpaired) electrons. The number of hydrogen-bond donors (Lipinski definition) is 1. The van der Waals surface area contributed by atoms with Crippen LogP contribution in [-0.4, -0.2) is 18.2 Å². The summed E-state index contributed by atoms with van der Waals surface area (Å²) in [6.45, 7) is 0.709. The lowest BCUT2D eigenvalue weighted by Gasteiger charge is -2.23. The van der Waals surface area contributed by atoms with Gasteiger partial charge in [0, 0.05) is 25.8 Å². The number of carbonyl (C=O) groups is 2. The Morgan fingerprint density at radius 3 is 2.67 bits per heavy atom. The first kappa shape index (κ1) is 7.77. The van der Waals surface area contributed by atoms with Crippen LogP contribution in [0.2, 0.25) is 0 Å². The zero-order chi connectivity index (χ0) is 8.55. The van der Waals surface area contributed by atoms with Crippen LogP contribution >= 0.6 is 0 Å². The molecule has 0 unspecified atom stereocenters. The van der Waals surface area contributed by atoms with E-state index in [-0.39, 0.29) is 5.91 Å². The summed E-state index contributed by atoms with van der Waals surface area (Å²) in [6.07, 6.45) is 2.92. The number of carbonyl (C=O) groups excluding carboxylic acids is 2. The Morgan fingerprint density at radius 1 is 1.08 bits per heavy atom. The second kappa shape index (κ2) is 2.88. The zero-order valence-electron chi connectivity index (χ0n) is 7.01. The highest BCUT2D eigenvalue weighted by Gasteiger charge is 2.31. The minimum Gasteiger partial charge on any atom is -0.356 e. The van der Waals surface area contributed by atoms with Crippen LogP contribution in [0.1, 0.15) is 25.7 Å². The van der Waals surface area contributed by atoms with Crippen LogP contribution < -0.4 is 5.32 Å². The average molecular weight is 167 g/mol. The van der Waals surface area contributed by atoms with E-state index in [9.17, 15) is 9.59 Å². The van der Waals surface area contributed by atoms with Crippen molar-refractivity contribution in [3.63, 3.8) is 0 Å². The lowest BCUT2D eigenvalue weighted by molar-refractivity contribution is -0.123. The molecule has 2 atom stereocenters. The molecule has 1 saturated carbocycles. The lowest BCUT2D eigenvalue weighted by Crippen LogP contribution is -2.27. The average Bonchev–Trinajstić information content (AvgIpc) is 2.10. The smallest absolute Gasteiger partial charge is 0.220 e. The summed E-state index contributed by atoms with van der Waals surface area (Å²) in [5.74, 6) is 1.21. The van der Waals surface area contributed by atoms with Crippen molar-refractivity contribution in [1.29, 1.82) is 0 Å². The van der Waals surface area contributed by atoms with E-state index < -0.39 is 0 Å². The van der Waals surface area contributed by atoms with E-state index in [1.54, 1.807) is 0 Å². The molecule has 1 aliphatic carbocycles. The predicted molar refractivity (Wildman–Crippen MR) is 43.5 cm³/mol. The van der Waals surface area contributed by atoms with Gasteiger partial charge in [-0.15, -0.1) is 0 Å². The maximum absolute atomic E-state index is 11.2. The molecule has 0 aromatic rings. The van der Waals surface area contributed by atoms with Crippen LogP contribution in [0.25, 0.3) is 0 Å². The fourth-order valence-electron chi connectivity index (χ4n) is 2.27. The Morgan fingerprint density at radius 2 is 1.83 bits per heavy atom. The van der Waals surface area contributed by atoms with Crippen molar-refractivity contribution in [3.05, 3.63) is 0 Å². The molecule has 2 bridgehead atoms. The molecule has 1 N–H and O–H groups in total. The lowest BCUT2D eigenvalue weighted by atomic mass is 9.80. The standard InChI is InChI=1S/C9H13NO2/c11-8-2-6-1-7(3-8)5-10-9(12)4-6/h6-7H,1-5H2,(H,10,12)/t6-,7-/m1/s1. The van der Waals surface area contributed by atoms with E-state index in [4.69, 9.17) is 0 Å². The number of rotatable bonds is 0. The molecule has 1 amide bonds. The van der Waals surface area contributed by atoms with Gasteiger partial charge in [0.2, 0.25) is 5.91 Å². The van der Waals surface area contributed by atoms with Crippen molar-refractivity contribution in [2.45, 2.75) is 25.7 Å². The highest BCUT2D eigenvalue weighted by atomic mass is 16.1. The van der Waals surface area contributed by atoms with Gasteiger partial charge in [0.05, 0.1) is 0 Å². The maximum Gasteiger partial charge on any atom is 0.220 e. The molecule has 1 heterocycles. The number of amides is 1. The van der Waals surface area contributed by atoms with Crippen LogP contribution in [-0.2, 0) is 9.59 Å². The highest BCUT2D eigenvalue weighted by Crippen LogP contribution is 2.30. The zero-order valence-corrected chi connectivity index (χ0v) is 7.01. The summed E-state index contributed by atoms with van der Waals surface area (Å²) in [5.41, 5.74) is 0. The number of nitrogens with one attached hydrogen (secondary N) is 1. The molecule has 2 fully saturated rings. The molecule has 1 aliphatic heterocycles. The predicted octanol–water partition coefficient (Wildman–Crippen LogP) is 0.492. The monoisotopic (exact) mass is 167 g/mol. The molecule has 0 spiro atoms. The van der Waals surface area contributed by atoms with E-state index in [1.807, 2.05) is 0 Å². The van der Waals surface area contributed by atoms with Crippen molar-refractivity contribution in [2.75, 3.05) is 6.54 Å². The molecule has 12 heavy (non-hydrogen) atoms. The third-order valence-corrected chi connectivity index (χ3v) is 2.76. The third-order valence-electron chi connectivity index (χ3n) is 2.76. The Hall–Kier alpha value is -0.860. The molecular weight excluding hydrogens is 154 g/mol. The van der Waals surface area contributed by atoms with Crippen LogP contribution in [0, 0.1) is 11.8 Å². The van der Waals surface area contributed by atoms with E-state index in [0.717, 1.165) is 6.42 Å². The van der Waals surface area contributed by atoms with E-state index >= 15 is 0 Å². The van der Waals surface area contributed by atoms with Crippen molar-refractivity contribution in [3.8, 4) is 0 Å². The van der Waals surface area contributed by atoms with Gasteiger partial charge >= 0.3 is 0 Å². The van der Waals surface area contributed by atoms with E-state index in [2.05, 4.69) is 5.32 Å². The SMILES string of the molecule is O=C1C[C@@H]2CC(=O)NC[C@@H](C1)C2. The van der Waals surface area contributed by atoms with Crippen molar-refractivity contribution >= 4 is 11.7 Å². The molecule has 2 rings (SSSR count). The Kier molecular flexibility index (Phi) is 1.87. The minimum absolute atomic E-state index is 0.122. The molecule has 66 valence electrons. The Balaban J connectivity index is 2.10. The topological polar surface area (TPSA) is 46.2 Å². The quantitative estimate of drug-likeness (QED) is 0.570. The summed E-state index contributed by atoms with van der Waals surface area (Å²) in [6, 6.07) is 0. The minimum atomic E-state index is 0.122. The largest absolute Gasteiger partial charge is 0.356 e. The maximum atomic E-state index is 11.2. The molecule has 0 aromatic heterocycles. The summed E-state index contributed by atoms with van der Waals surface area (Å²) < 4.78 is 0. The fraction of sp³-hybridized carbons (Fsp3) is 0.778. The summed E-state index contributed by atoms with van der Waals surface area (Å²) in [5, 5.41) is 2.85. The van der Waals surface area contributed by atoms with Gasteiger partial charge in [0.25, 0.3) is 0 Å².